The molecule has 1 aliphatic heterocycles. The molecular weight excluding hydrogens is 475 g/mol. The average Bonchev–Trinajstić information content (AvgIpc) is 3.17. The molecule has 36 heavy (non-hydrogen) atoms. The number of hydrogen-bond donors (Lipinski definition) is 1. The number of amides is 2. The summed E-state index contributed by atoms with van der Waals surface area (Å²) >= 11 is 1.38. The van der Waals surface area contributed by atoms with Crippen LogP contribution >= 0.6 is 11.8 Å². The number of thioether (sulfide) groups is 1. The number of fused-ring (bicyclic) bond motifs is 1. The maximum atomic E-state index is 15.2. The molecule has 0 saturated carbocycles. The third-order valence-corrected chi connectivity index (χ3v) is 7.44. The lowest BCUT2D eigenvalue weighted by molar-refractivity contribution is -0.122. The fourth-order valence-corrected chi connectivity index (χ4v) is 5.66. The van der Waals surface area contributed by atoms with E-state index in [1.54, 1.807) is 16.8 Å². The van der Waals surface area contributed by atoms with Gasteiger partial charge in [-0.3, -0.25) is 14.5 Å². The molecule has 3 aromatic rings. The van der Waals surface area contributed by atoms with Crippen molar-refractivity contribution < 1.29 is 14.0 Å². The normalized spacial score (nSPS) is 16.0. The van der Waals surface area contributed by atoms with Crippen LogP contribution in [-0.4, -0.2) is 40.4 Å². The van der Waals surface area contributed by atoms with Crippen molar-refractivity contribution in [3.63, 3.8) is 0 Å². The summed E-state index contributed by atoms with van der Waals surface area (Å²) in [6, 6.07) is 14.5. The zero-order valence-corrected chi connectivity index (χ0v) is 22.3. The lowest BCUT2D eigenvalue weighted by Gasteiger charge is -2.25. The maximum absolute atomic E-state index is 15.2. The first-order valence-corrected chi connectivity index (χ1v) is 13.3. The quantitative estimate of drug-likeness (QED) is 0.490. The van der Waals surface area contributed by atoms with E-state index in [9.17, 15) is 9.59 Å². The van der Waals surface area contributed by atoms with Crippen molar-refractivity contribution in [2.75, 3.05) is 23.7 Å². The number of aromatic nitrogens is 2. The first kappa shape index (κ1) is 25.9. The highest BCUT2D eigenvalue weighted by atomic mass is 32.2. The lowest BCUT2D eigenvalue weighted by atomic mass is 9.87. The van der Waals surface area contributed by atoms with Gasteiger partial charge in [0.1, 0.15) is 18.2 Å². The molecule has 4 rings (SSSR count). The van der Waals surface area contributed by atoms with E-state index in [1.807, 2.05) is 44.2 Å². The second-order valence-electron chi connectivity index (χ2n) is 10.1. The summed E-state index contributed by atoms with van der Waals surface area (Å²) in [5.74, 6) is -0.121. The van der Waals surface area contributed by atoms with Gasteiger partial charge in [-0.15, -0.1) is 11.8 Å². The van der Waals surface area contributed by atoms with Crippen molar-refractivity contribution in [1.29, 1.82) is 0 Å². The molecule has 1 atom stereocenters. The molecule has 0 fully saturated rings. The summed E-state index contributed by atoms with van der Waals surface area (Å²) in [6.45, 7) is 10.6. The van der Waals surface area contributed by atoms with E-state index in [0.29, 0.717) is 17.9 Å². The summed E-state index contributed by atoms with van der Waals surface area (Å²) in [5.41, 5.74) is 3.44. The Hall–Kier alpha value is -3.13. The molecule has 1 aliphatic rings. The SMILES string of the molecule is CCCNC(=O)CN1C(=O)CS[C@H](c2ccccc2F)c2c(C(C)(C)C)nn(-c3ccccc3C)c21. The van der Waals surface area contributed by atoms with Crippen LogP contribution in [0.5, 0.6) is 0 Å². The standard InChI is InChI=1S/C28H33FN4O2S/c1-6-15-30-22(34)16-32-23(35)17-36-25(19-12-8-9-13-20(19)29)24-26(28(3,4)5)31-33(27(24)32)21-14-10-7-11-18(21)2/h7-14,25H,6,15-17H2,1-5H3,(H,30,34)/t25-/m1/s1. The smallest absolute Gasteiger partial charge is 0.240 e. The van der Waals surface area contributed by atoms with Crippen LogP contribution in [0.4, 0.5) is 10.2 Å². The average molecular weight is 509 g/mol. The van der Waals surface area contributed by atoms with Crippen molar-refractivity contribution in [2.24, 2.45) is 0 Å². The minimum Gasteiger partial charge on any atom is -0.355 e. The number of halogens is 1. The predicted octanol–water partition coefficient (Wildman–Crippen LogP) is 5.31. The second-order valence-corrected chi connectivity index (χ2v) is 11.2. The van der Waals surface area contributed by atoms with Crippen molar-refractivity contribution in [3.8, 4) is 5.69 Å². The number of nitrogens with one attached hydrogen (secondary N) is 1. The number of hydrogen-bond acceptors (Lipinski definition) is 4. The highest BCUT2D eigenvalue weighted by molar-refractivity contribution is 8.00. The number of para-hydroxylation sites is 1. The molecule has 8 heteroatoms. The van der Waals surface area contributed by atoms with Gasteiger partial charge < -0.3 is 5.32 Å². The van der Waals surface area contributed by atoms with Gasteiger partial charge in [-0.25, -0.2) is 9.07 Å². The molecule has 0 bridgehead atoms. The first-order chi connectivity index (χ1) is 17.1. The number of benzene rings is 2. The Kier molecular flexibility index (Phi) is 7.54. The van der Waals surface area contributed by atoms with Crippen molar-refractivity contribution in [3.05, 3.63) is 76.7 Å². The van der Waals surface area contributed by atoms with E-state index in [1.165, 1.54) is 22.7 Å². The van der Waals surface area contributed by atoms with Crippen LogP contribution in [0, 0.1) is 12.7 Å². The van der Waals surface area contributed by atoms with E-state index >= 15 is 4.39 Å². The Morgan fingerprint density at radius 2 is 1.86 bits per heavy atom. The summed E-state index contributed by atoms with van der Waals surface area (Å²) in [5, 5.41) is 7.47. The Balaban J connectivity index is 2.03. The van der Waals surface area contributed by atoms with Gasteiger partial charge in [-0.2, -0.15) is 5.10 Å². The molecule has 190 valence electrons. The minimum absolute atomic E-state index is 0.117. The molecule has 0 spiro atoms. The zero-order chi connectivity index (χ0) is 26.0. The highest BCUT2D eigenvalue weighted by Gasteiger charge is 2.40. The van der Waals surface area contributed by atoms with Crippen LogP contribution in [0.15, 0.2) is 48.5 Å². The van der Waals surface area contributed by atoms with Crippen LogP contribution in [0.3, 0.4) is 0 Å². The van der Waals surface area contributed by atoms with Gasteiger partial charge >= 0.3 is 0 Å². The Bertz CT molecular complexity index is 1280. The number of carbonyl (C=O) groups is 2. The van der Waals surface area contributed by atoms with Gasteiger partial charge in [0.2, 0.25) is 11.8 Å². The molecular formula is C28H33FN4O2S. The van der Waals surface area contributed by atoms with Crippen molar-refractivity contribution >= 4 is 29.4 Å². The summed E-state index contributed by atoms with van der Waals surface area (Å²) in [4.78, 5) is 28.0. The van der Waals surface area contributed by atoms with Gasteiger partial charge in [0.15, 0.2) is 0 Å². The summed E-state index contributed by atoms with van der Waals surface area (Å²) < 4.78 is 16.9. The highest BCUT2D eigenvalue weighted by Crippen LogP contribution is 2.49. The second kappa shape index (κ2) is 10.5. The topological polar surface area (TPSA) is 67.2 Å². The maximum Gasteiger partial charge on any atom is 0.240 e. The molecule has 0 saturated heterocycles. The molecule has 2 amide bonds. The monoisotopic (exact) mass is 508 g/mol. The number of rotatable bonds is 6. The Labute approximate surface area is 216 Å². The number of carbonyl (C=O) groups excluding carboxylic acids is 2. The Morgan fingerprint density at radius 3 is 2.53 bits per heavy atom. The van der Waals surface area contributed by atoms with E-state index in [4.69, 9.17) is 5.10 Å². The predicted molar refractivity (Wildman–Crippen MR) is 143 cm³/mol. The van der Waals surface area contributed by atoms with Gasteiger partial charge in [-0.1, -0.05) is 64.1 Å². The third-order valence-electron chi connectivity index (χ3n) is 6.20. The van der Waals surface area contributed by atoms with Crippen LogP contribution in [-0.2, 0) is 15.0 Å². The van der Waals surface area contributed by atoms with Gasteiger partial charge in [-0.05, 0) is 31.0 Å². The molecule has 1 aromatic heterocycles. The molecule has 6 nitrogen and oxygen atoms in total. The molecule has 1 N–H and O–H groups in total. The van der Waals surface area contributed by atoms with Gasteiger partial charge in [0.25, 0.3) is 0 Å². The van der Waals surface area contributed by atoms with E-state index < -0.39 is 10.7 Å². The zero-order valence-electron chi connectivity index (χ0n) is 21.5. The van der Waals surface area contributed by atoms with E-state index in [0.717, 1.165) is 28.9 Å². The third kappa shape index (κ3) is 5.05. The largest absolute Gasteiger partial charge is 0.355 e. The van der Waals surface area contributed by atoms with Crippen LogP contribution in [0.2, 0.25) is 0 Å². The summed E-state index contributed by atoms with van der Waals surface area (Å²) in [6.07, 6.45) is 0.797. The van der Waals surface area contributed by atoms with Gasteiger partial charge in [0, 0.05) is 23.1 Å². The minimum atomic E-state index is -0.458. The van der Waals surface area contributed by atoms with Crippen LogP contribution in [0.25, 0.3) is 5.69 Å². The number of nitrogens with zero attached hydrogens (tertiary/aromatic N) is 3. The number of anilines is 1. The molecule has 2 heterocycles. The van der Waals surface area contributed by atoms with Crippen LogP contribution in [0.1, 0.15) is 61.7 Å². The van der Waals surface area contributed by atoms with E-state index in [2.05, 4.69) is 26.1 Å². The van der Waals surface area contributed by atoms with Crippen molar-refractivity contribution in [1.82, 2.24) is 15.1 Å². The molecule has 0 radical (unpaired) electrons. The van der Waals surface area contributed by atoms with Gasteiger partial charge in [0.05, 0.1) is 22.4 Å². The first-order valence-electron chi connectivity index (χ1n) is 12.3. The number of aryl methyl sites for hydroxylation is 1. The Morgan fingerprint density at radius 1 is 1.17 bits per heavy atom. The molecule has 0 aliphatic carbocycles. The summed E-state index contributed by atoms with van der Waals surface area (Å²) in [7, 11) is 0. The fourth-order valence-electron chi connectivity index (χ4n) is 4.44. The lowest BCUT2D eigenvalue weighted by Crippen LogP contribution is -2.42. The van der Waals surface area contributed by atoms with E-state index in [-0.39, 0.29) is 29.9 Å². The fraction of sp³-hybridized carbons (Fsp3) is 0.393. The molecule has 0 unspecified atom stereocenters. The van der Waals surface area contributed by atoms with Crippen LogP contribution < -0.4 is 10.2 Å². The van der Waals surface area contributed by atoms with Crippen molar-refractivity contribution in [2.45, 2.75) is 51.7 Å². The molecule has 2 aromatic carbocycles.